The maximum absolute atomic E-state index is 10.8. The summed E-state index contributed by atoms with van der Waals surface area (Å²) in [5.74, 6) is 0. The normalized spacial score (nSPS) is 20.4. The number of carbonyl (C=O) groups excluding carboxylic acids is 1. The first kappa shape index (κ1) is 9.34. The molecule has 1 aliphatic rings. The van der Waals surface area contributed by atoms with Gasteiger partial charge in [-0.05, 0) is 17.7 Å². The third kappa shape index (κ3) is 2.17. The van der Waals surface area contributed by atoms with Crippen molar-refractivity contribution in [2.45, 2.75) is 12.5 Å². The lowest BCUT2D eigenvalue weighted by Gasteiger charge is -2.07. The third-order valence-corrected chi connectivity index (χ3v) is 2.34. The lowest BCUT2D eigenvalue weighted by atomic mass is 10.1. The maximum atomic E-state index is 10.8. The second-order valence-corrected chi connectivity index (χ2v) is 3.68. The minimum absolute atomic E-state index is 0.0685. The van der Waals surface area contributed by atoms with E-state index in [1.54, 1.807) is 0 Å². The fraction of sp³-hybridized carbons (Fsp3) is 0.300. The van der Waals surface area contributed by atoms with Crippen molar-refractivity contribution in [3.05, 3.63) is 34.9 Å². The van der Waals surface area contributed by atoms with Crippen LogP contribution in [0, 0.1) is 0 Å². The van der Waals surface area contributed by atoms with Crippen molar-refractivity contribution >= 4 is 17.7 Å². The molecule has 1 unspecified atom stereocenters. The van der Waals surface area contributed by atoms with Gasteiger partial charge in [0, 0.05) is 11.4 Å². The second-order valence-electron chi connectivity index (χ2n) is 3.24. The fourth-order valence-electron chi connectivity index (χ4n) is 1.47. The highest BCUT2D eigenvalue weighted by atomic mass is 35.5. The van der Waals surface area contributed by atoms with Crippen LogP contribution in [0.2, 0.25) is 5.02 Å². The lowest BCUT2D eigenvalue weighted by molar-refractivity contribution is 0.140. The van der Waals surface area contributed by atoms with Gasteiger partial charge in [-0.3, -0.25) is 0 Å². The number of alkyl carbamates (subject to hydrolysis) is 1. The largest absolute Gasteiger partial charge is 0.444 e. The van der Waals surface area contributed by atoms with Gasteiger partial charge in [-0.2, -0.15) is 0 Å². The summed E-state index contributed by atoms with van der Waals surface area (Å²) in [5.41, 5.74) is 1.08. The smallest absolute Gasteiger partial charge is 0.407 e. The molecule has 1 fully saturated rings. The summed E-state index contributed by atoms with van der Waals surface area (Å²) in [6.07, 6.45) is 0.303. The van der Waals surface area contributed by atoms with Gasteiger partial charge in [0.2, 0.25) is 0 Å². The second kappa shape index (κ2) is 3.88. The molecular weight excluding hydrogens is 202 g/mol. The zero-order valence-corrected chi connectivity index (χ0v) is 8.25. The van der Waals surface area contributed by atoms with E-state index in [2.05, 4.69) is 5.32 Å². The van der Waals surface area contributed by atoms with Crippen LogP contribution in [0.25, 0.3) is 0 Å². The molecule has 3 nitrogen and oxygen atoms in total. The number of carbonyl (C=O) groups is 1. The molecule has 0 aromatic heterocycles. The first-order valence-corrected chi connectivity index (χ1v) is 4.81. The molecule has 4 heteroatoms. The Bertz CT molecular complexity index is 354. The average Bonchev–Trinajstić information content (AvgIpc) is 2.51. The van der Waals surface area contributed by atoms with Crippen LogP contribution in [0.1, 0.15) is 5.56 Å². The molecule has 1 N–H and O–H groups in total. The van der Waals surface area contributed by atoms with Gasteiger partial charge in [0.15, 0.2) is 0 Å². The Balaban J connectivity index is 2.00. The Morgan fingerprint density at radius 2 is 2.43 bits per heavy atom. The first-order valence-electron chi connectivity index (χ1n) is 4.43. The molecule has 0 spiro atoms. The molecule has 0 radical (unpaired) electrons. The minimum atomic E-state index is -0.336. The summed E-state index contributed by atoms with van der Waals surface area (Å²) in [4.78, 5) is 10.8. The van der Waals surface area contributed by atoms with Crippen LogP contribution in [0.15, 0.2) is 24.3 Å². The number of hydrogen-bond acceptors (Lipinski definition) is 2. The Labute approximate surface area is 87.0 Å². The van der Waals surface area contributed by atoms with Crippen LogP contribution in [-0.4, -0.2) is 18.7 Å². The molecule has 1 saturated heterocycles. The number of halogens is 1. The quantitative estimate of drug-likeness (QED) is 0.813. The highest BCUT2D eigenvalue weighted by molar-refractivity contribution is 6.30. The van der Waals surface area contributed by atoms with Crippen LogP contribution < -0.4 is 5.32 Å². The van der Waals surface area contributed by atoms with Crippen molar-refractivity contribution in [2.24, 2.45) is 0 Å². The molecule has 0 aliphatic carbocycles. The van der Waals surface area contributed by atoms with E-state index in [4.69, 9.17) is 16.3 Å². The molecule has 1 amide bonds. The van der Waals surface area contributed by atoms with Crippen molar-refractivity contribution in [2.75, 3.05) is 6.54 Å². The van der Waals surface area contributed by atoms with Gasteiger partial charge >= 0.3 is 6.09 Å². The molecule has 14 heavy (non-hydrogen) atoms. The Kier molecular flexibility index (Phi) is 2.59. The van der Waals surface area contributed by atoms with E-state index in [1.165, 1.54) is 0 Å². The zero-order chi connectivity index (χ0) is 9.97. The van der Waals surface area contributed by atoms with Gasteiger partial charge in [0.1, 0.15) is 6.10 Å². The number of hydrogen-bond donors (Lipinski definition) is 1. The van der Waals surface area contributed by atoms with Crippen molar-refractivity contribution in [3.63, 3.8) is 0 Å². The van der Waals surface area contributed by atoms with Crippen LogP contribution in [0.5, 0.6) is 0 Å². The monoisotopic (exact) mass is 211 g/mol. The number of nitrogens with one attached hydrogen (secondary N) is 1. The Morgan fingerprint density at radius 1 is 1.57 bits per heavy atom. The standard InChI is InChI=1S/C10H10ClNO2/c11-8-3-1-2-7(4-8)5-9-6-12-10(13)14-9/h1-4,9H,5-6H2,(H,12,13). The topological polar surface area (TPSA) is 38.3 Å². The lowest BCUT2D eigenvalue weighted by Crippen LogP contribution is -2.16. The molecule has 1 heterocycles. The molecule has 74 valence electrons. The van der Waals surface area contributed by atoms with E-state index in [0.29, 0.717) is 18.0 Å². The molecule has 0 saturated carbocycles. The predicted molar refractivity (Wildman–Crippen MR) is 53.4 cm³/mol. The number of rotatable bonds is 2. The van der Waals surface area contributed by atoms with E-state index in [0.717, 1.165) is 5.56 Å². The zero-order valence-electron chi connectivity index (χ0n) is 7.50. The van der Waals surface area contributed by atoms with Gasteiger partial charge in [-0.1, -0.05) is 23.7 Å². The maximum Gasteiger partial charge on any atom is 0.407 e. The highest BCUT2D eigenvalue weighted by Crippen LogP contribution is 2.14. The highest BCUT2D eigenvalue weighted by Gasteiger charge is 2.22. The van der Waals surface area contributed by atoms with Crippen molar-refractivity contribution in [1.29, 1.82) is 0 Å². The van der Waals surface area contributed by atoms with Crippen LogP contribution in [0.4, 0.5) is 4.79 Å². The number of amides is 1. The SMILES string of the molecule is O=C1NCC(Cc2cccc(Cl)c2)O1. The fourth-order valence-corrected chi connectivity index (χ4v) is 1.69. The average molecular weight is 212 g/mol. The summed E-state index contributed by atoms with van der Waals surface area (Å²) in [6, 6.07) is 7.57. The summed E-state index contributed by atoms with van der Waals surface area (Å²) >= 11 is 5.84. The number of cyclic esters (lactones) is 1. The van der Waals surface area contributed by atoms with Crippen LogP contribution in [0.3, 0.4) is 0 Å². The third-order valence-electron chi connectivity index (χ3n) is 2.10. The van der Waals surface area contributed by atoms with E-state index in [-0.39, 0.29) is 12.2 Å². The van der Waals surface area contributed by atoms with Crippen LogP contribution in [-0.2, 0) is 11.2 Å². The van der Waals surface area contributed by atoms with Gasteiger partial charge in [-0.25, -0.2) is 4.79 Å². The number of ether oxygens (including phenoxy) is 1. The van der Waals surface area contributed by atoms with Gasteiger partial charge in [0.05, 0.1) is 6.54 Å². The van der Waals surface area contributed by atoms with Crippen molar-refractivity contribution in [1.82, 2.24) is 5.32 Å². The summed E-state index contributed by atoms with van der Waals surface area (Å²) in [5, 5.41) is 3.32. The van der Waals surface area contributed by atoms with E-state index < -0.39 is 0 Å². The summed E-state index contributed by atoms with van der Waals surface area (Å²) < 4.78 is 5.01. The molecule has 2 rings (SSSR count). The van der Waals surface area contributed by atoms with Crippen molar-refractivity contribution in [3.8, 4) is 0 Å². The molecule has 1 atom stereocenters. The van der Waals surface area contributed by atoms with Crippen LogP contribution >= 0.6 is 11.6 Å². The molecule has 1 aromatic carbocycles. The molecule has 1 aromatic rings. The van der Waals surface area contributed by atoms with Gasteiger partial charge < -0.3 is 10.1 Å². The summed E-state index contributed by atoms with van der Waals surface area (Å²) in [6.45, 7) is 0.575. The van der Waals surface area contributed by atoms with Gasteiger partial charge in [0.25, 0.3) is 0 Å². The van der Waals surface area contributed by atoms with E-state index >= 15 is 0 Å². The minimum Gasteiger partial charge on any atom is -0.444 e. The van der Waals surface area contributed by atoms with Crippen molar-refractivity contribution < 1.29 is 9.53 Å². The Hall–Kier alpha value is -1.22. The summed E-state index contributed by atoms with van der Waals surface area (Å²) in [7, 11) is 0. The van der Waals surface area contributed by atoms with E-state index in [1.807, 2.05) is 24.3 Å². The molecular formula is C10H10ClNO2. The predicted octanol–water partition coefficient (Wildman–Crippen LogP) is 1.99. The Morgan fingerprint density at radius 3 is 3.07 bits per heavy atom. The number of benzene rings is 1. The van der Waals surface area contributed by atoms with E-state index in [9.17, 15) is 4.79 Å². The first-order chi connectivity index (χ1) is 6.74. The molecule has 0 bridgehead atoms. The van der Waals surface area contributed by atoms with Gasteiger partial charge in [-0.15, -0.1) is 0 Å². The molecule has 1 aliphatic heterocycles.